The highest BCUT2D eigenvalue weighted by molar-refractivity contribution is 9.10. The predicted molar refractivity (Wildman–Crippen MR) is 251 cm³/mol. The Bertz CT molecular complexity index is 2570. The number of likely N-dealkylation sites (N-methyl/N-ethyl adjacent to an activating group) is 2. The van der Waals surface area contributed by atoms with Crippen molar-refractivity contribution in [2.24, 2.45) is 14.1 Å². The van der Waals surface area contributed by atoms with E-state index in [0.29, 0.717) is 10.7 Å². The quantitative estimate of drug-likeness (QED) is 0.144. The first kappa shape index (κ1) is 42.0. The number of nitrogens with zero attached hydrogens (tertiary/aromatic N) is 14. The molecule has 16 heteroatoms. The zero-order chi connectivity index (χ0) is 42.7. The van der Waals surface area contributed by atoms with Crippen LogP contribution in [-0.4, -0.2) is 148 Å². The predicted octanol–water partition coefficient (Wildman–Crippen LogP) is 6.91. The summed E-state index contributed by atoms with van der Waals surface area (Å²) in [4.78, 5) is 9.71. The van der Waals surface area contributed by atoms with Gasteiger partial charge in [-0.3, -0.25) is 9.80 Å². The lowest BCUT2D eigenvalue weighted by Gasteiger charge is -2.32. The molecule has 2 saturated heterocycles. The van der Waals surface area contributed by atoms with Gasteiger partial charge in [0.15, 0.2) is 11.3 Å². The molecule has 0 N–H and O–H groups in total. The van der Waals surface area contributed by atoms with Crippen molar-refractivity contribution in [2.45, 2.75) is 13.1 Å². The van der Waals surface area contributed by atoms with Gasteiger partial charge in [0, 0.05) is 103 Å². The Labute approximate surface area is 375 Å². The molecule has 0 amide bonds. The third-order valence-corrected chi connectivity index (χ3v) is 13.3. The molecule has 2 aromatic carbocycles. The second-order valence-electron chi connectivity index (χ2n) is 16.3. The molecular weight excluding hydrogens is 864 g/mol. The number of halogens is 2. The Kier molecular flexibility index (Phi) is 12.6. The van der Waals surface area contributed by atoms with E-state index in [1.54, 1.807) is 0 Å². The van der Waals surface area contributed by atoms with Crippen LogP contribution in [0.5, 0.6) is 0 Å². The van der Waals surface area contributed by atoms with E-state index in [1.807, 2.05) is 96.5 Å². The van der Waals surface area contributed by atoms with Crippen LogP contribution in [0.25, 0.3) is 67.4 Å². The lowest BCUT2D eigenvalue weighted by Crippen LogP contribution is -2.45. The van der Waals surface area contributed by atoms with Crippen LogP contribution in [0.4, 0.5) is 0 Å². The molecule has 2 aliphatic heterocycles. The van der Waals surface area contributed by atoms with Gasteiger partial charge in [-0.25, -0.2) is 9.36 Å². The molecule has 62 heavy (non-hydrogen) atoms. The van der Waals surface area contributed by atoms with E-state index in [0.717, 1.165) is 145 Å². The smallest absolute Gasteiger partial charge is 0.182 e. The number of piperazine rings is 2. The summed E-state index contributed by atoms with van der Waals surface area (Å²) >= 11 is 10.8. The Morgan fingerprint density at radius 2 is 0.919 bits per heavy atom. The highest BCUT2D eigenvalue weighted by atomic mass is 79.9. The second kappa shape index (κ2) is 18.6. The Morgan fingerprint density at radius 3 is 1.39 bits per heavy atom. The second-order valence-corrected chi connectivity index (χ2v) is 17.5. The highest BCUT2D eigenvalue weighted by Gasteiger charge is 2.25. The first-order valence-electron chi connectivity index (χ1n) is 21.2. The molecule has 8 heterocycles. The zero-order valence-corrected chi connectivity index (χ0v) is 38.1. The Hall–Kier alpha value is -5.29. The van der Waals surface area contributed by atoms with Crippen molar-refractivity contribution < 1.29 is 0 Å². The standard InChI is InChI=1S/C23H26BrN7.C23H26ClN7/c2*1-28-11-13-30(14-12-28)15-16-31-23-19(22(27-31)18-9-6-10-29(18)2)20(24)21(25-26-23)17-7-4-3-5-8-17/h2*3-10H,11-16H2,1-2H3. The van der Waals surface area contributed by atoms with Crippen molar-refractivity contribution in [3.8, 4) is 45.3 Å². The van der Waals surface area contributed by atoms with Gasteiger partial charge < -0.3 is 18.9 Å². The molecule has 10 rings (SSSR count). The lowest BCUT2D eigenvalue weighted by atomic mass is 10.1. The molecule has 0 aliphatic carbocycles. The van der Waals surface area contributed by atoms with Crippen LogP contribution in [0.1, 0.15) is 0 Å². The number of aromatic nitrogens is 10. The maximum Gasteiger partial charge on any atom is 0.182 e. The summed E-state index contributed by atoms with van der Waals surface area (Å²) in [7, 11) is 8.42. The van der Waals surface area contributed by atoms with E-state index in [2.05, 4.69) is 103 Å². The lowest BCUT2D eigenvalue weighted by molar-refractivity contribution is 0.149. The number of benzene rings is 2. The molecule has 2 fully saturated rings. The molecule has 8 aromatic rings. The summed E-state index contributed by atoms with van der Waals surface area (Å²) in [5, 5.41) is 30.7. The fraction of sp³-hybridized carbons (Fsp3) is 0.348. The SMILES string of the molecule is CN1CCN(CCn2nc(-c3cccn3C)c3c(Br)c(-c4ccccc4)nnc32)CC1.CN1CCN(CCn2nc(-c3cccn3C)c3c(Cl)c(-c4ccccc4)nnc32)CC1. The Balaban J connectivity index is 0.000000158. The van der Waals surface area contributed by atoms with E-state index in [4.69, 9.17) is 21.8 Å². The summed E-state index contributed by atoms with van der Waals surface area (Å²) in [6.07, 6.45) is 4.07. The molecule has 6 aromatic heterocycles. The van der Waals surface area contributed by atoms with Crippen LogP contribution in [0.15, 0.2) is 102 Å². The van der Waals surface area contributed by atoms with Gasteiger partial charge in [0.1, 0.15) is 22.8 Å². The largest absolute Gasteiger partial charge is 0.349 e. The van der Waals surface area contributed by atoms with E-state index < -0.39 is 0 Å². The minimum Gasteiger partial charge on any atom is -0.349 e. The summed E-state index contributed by atoms with van der Waals surface area (Å²) < 4.78 is 9.07. The molecular formula is C46H52BrClN14. The van der Waals surface area contributed by atoms with E-state index in [1.165, 1.54) is 0 Å². The fourth-order valence-electron chi connectivity index (χ4n) is 8.29. The molecule has 0 bridgehead atoms. The number of aryl methyl sites for hydroxylation is 2. The van der Waals surface area contributed by atoms with Gasteiger partial charge in [-0.05, 0) is 54.3 Å². The van der Waals surface area contributed by atoms with Gasteiger partial charge >= 0.3 is 0 Å². The van der Waals surface area contributed by atoms with Crippen LogP contribution in [-0.2, 0) is 27.2 Å². The summed E-state index contributed by atoms with van der Waals surface area (Å²) in [5.41, 5.74) is 8.90. The van der Waals surface area contributed by atoms with Crippen LogP contribution >= 0.6 is 27.5 Å². The third kappa shape index (κ3) is 8.70. The number of rotatable bonds is 10. The highest BCUT2D eigenvalue weighted by Crippen LogP contribution is 2.39. The average Bonchev–Trinajstić information content (AvgIpc) is 4.10. The third-order valence-electron chi connectivity index (χ3n) is 12.1. The van der Waals surface area contributed by atoms with Gasteiger partial charge in [0.05, 0.1) is 44.7 Å². The molecule has 0 spiro atoms. The maximum absolute atomic E-state index is 6.95. The monoisotopic (exact) mass is 914 g/mol. The average molecular weight is 916 g/mol. The molecule has 2 aliphatic rings. The number of hydrogen-bond donors (Lipinski definition) is 0. The molecule has 0 unspecified atom stereocenters. The van der Waals surface area contributed by atoms with Gasteiger partial charge in [-0.15, -0.1) is 20.4 Å². The van der Waals surface area contributed by atoms with E-state index in [-0.39, 0.29) is 0 Å². The van der Waals surface area contributed by atoms with Gasteiger partial charge in [-0.1, -0.05) is 72.3 Å². The molecule has 0 saturated carbocycles. The van der Waals surface area contributed by atoms with E-state index >= 15 is 0 Å². The first-order valence-corrected chi connectivity index (χ1v) is 22.4. The van der Waals surface area contributed by atoms with Crippen LogP contribution < -0.4 is 0 Å². The zero-order valence-electron chi connectivity index (χ0n) is 35.7. The van der Waals surface area contributed by atoms with Crippen LogP contribution in [0, 0.1) is 0 Å². The molecule has 320 valence electrons. The minimum absolute atomic E-state index is 0.596. The minimum atomic E-state index is 0.596. The van der Waals surface area contributed by atoms with Gasteiger partial charge in [-0.2, -0.15) is 10.2 Å². The molecule has 0 radical (unpaired) electrons. The fourth-order valence-corrected chi connectivity index (χ4v) is 9.29. The Morgan fingerprint density at radius 1 is 0.484 bits per heavy atom. The number of hydrogen-bond acceptors (Lipinski definition) is 10. The number of fused-ring (bicyclic) bond motifs is 2. The summed E-state index contributed by atoms with van der Waals surface area (Å²) in [5.74, 6) is 0. The van der Waals surface area contributed by atoms with Gasteiger partial charge in [0.25, 0.3) is 0 Å². The topological polar surface area (TPSA) is 110 Å². The van der Waals surface area contributed by atoms with Crippen molar-refractivity contribution in [1.82, 2.24) is 68.7 Å². The van der Waals surface area contributed by atoms with Crippen LogP contribution in [0.2, 0.25) is 5.02 Å². The first-order chi connectivity index (χ1) is 30.2. The molecule has 0 atom stereocenters. The summed E-state index contributed by atoms with van der Waals surface area (Å²) in [6.45, 7) is 12.2. The van der Waals surface area contributed by atoms with Crippen molar-refractivity contribution in [3.05, 3.63) is 107 Å². The van der Waals surface area contributed by atoms with Crippen LogP contribution in [0.3, 0.4) is 0 Å². The molecule has 14 nitrogen and oxygen atoms in total. The normalized spacial score (nSPS) is 15.7. The van der Waals surface area contributed by atoms with Gasteiger partial charge in [0.2, 0.25) is 0 Å². The van der Waals surface area contributed by atoms with Crippen molar-refractivity contribution in [1.29, 1.82) is 0 Å². The van der Waals surface area contributed by atoms with E-state index in [9.17, 15) is 0 Å². The van der Waals surface area contributed by atoms with Crippen molar-refractivity contribution in [3.63, 3.8) is 0 Å². The maximum atomic E-state index is 6.95. The van der Waals surface area contributed by atoms with Crippen molar-refractivity contribution >= 4 is 49.6 Å². The summed E-state index contributed by atoms with van der Waals surface area (Å²) in [6, 6.07) is 28.3. The van der Waals surface area contributed by atoms with Crippen molar-refractivity contribution in [2.75, 3.05) is 79.5 Å².